The van der Waals surface area contributed by atoms with Crippen molar-refractivity contribution in [3.63, 3.8) is 0 Å². The summed E-state index contributed by atoms with van der Waals surface area (Å²) < 4.78 is 12.7. The molecule has 5 heteroatoms. The SMILES string of the molecule is O=C(O)CC1(CNC(=O)/C=C/c2ccc(F)cc2)CCC1. The van der Waals surface area contributed by atoms with Gasteiger partial charge in [-0.2, -0.15) is 0 Å². The first-order valence-corrected chi connectivity index (χ1v) is 6.92. The van der Waals surface area contributed by atoms with Crippen LogP contribution in [-0.2, 0) is 9.59 Å². The van der Waals surface area contributed by atoms with E-state index in [0.717, 1.165) is 24.8 Å². The van der Waals surface area contributed by atoms with Gasteiger partial charge in [0, 0.05) is 12.6 Å². The number of hydrogen-bond acceptors (Lipinski definition) is 2. The predicted octanol–water partition coefficient (Wildman–Crippen LogP) is 2.60. The number of carbonyl (C=O) groups excluding carboxylic acids is 1. The molecule has 4 nitrogen and oxygen atoms in total. The summed E-state index contributed by atoms with van der Waals surface area (Å²) in [6.07, 6.45) is 5.74. The van der Waals surface area contributed by atoms with Crippen LogP contribution in [0, 0.1) is 11.2 Å². The summed E-state index contributed by atoms with van der Waals surface area (Å²) in [7, 11) is 0. The van der Waals surface area contributed by atoms with Crippen molar-refractivity contribution in [3.05, 3.63) is 41.7 Å². The van der Waals surface area contributed by atoms with E-state index >= 15 is 0 Å². The molecular formula is C16H18FNO3. The van der Waals surface area contributed by atoms with Crippen molar-refractivity contribution in [2.24, 2.45) is 5.41 Å². The maximum Gasteiger partial charge on any atom is 0.303 e. The second-order valence-corrected chi connectivity index (χ2v) is 5.53. The summed E-state index contributed by atoms with van der Waals surface area (Å²) in [5.41, 5.74) is 0.445. The van der Waals surface area contributed by atoms with Crippen LogP contribution >= 0.6 is 0 Å². The van der Waals surface area contributed by atoms with Crippen LogP contribution in [0.4, 0.5) is 4.39 Å². The van der Waals surface area contributed by atoms with Crippen LogP contribution in [0.25, 0.3) is 6.08 Å². The Morgan fingerprint density at radius 3 is 2.48 bits per heavy atom. The van der Waals surface area contributed by atoms with Crippen molar-refractivity contribution < 1.29 is 19.1 Å². The first-order chi connectivity index (χ1) is 9.99. The van der Waals surface area contributed by atoms with Gasteiger partial charge in [0.05, 0.1) is 6.42 Å². The van der Waals surface area contributed by atoms with E-state index in [0.29, 0.717) is 6.54 Å². The Kier molecular flexibility index (Phi) is 4.73. The Balaban J connectivity index is 1.84. The molecule has 1 saturated carbocycles. The molecule has 21 heavy (non-hydrogen) atoms. The van der Waals surface area contributed by atoms with Crippen LogP contribution in [0.3, 0.4) is 0 Å². The molecule has 0 spiro atoms. The molecule has 1 fully saturated rings. The second kappa shape index (κ2) is 6.52. The van der Waals surface area contributed by atoms with Gasteiger partial charge in [0.2, 0.25) is 5.91 Å². The normalized spacial score (nSPS) is 16.4. The average molecular weight is 291 g/mol. The van der Waals surface area contributed by atoms with Crippen LogP contribution in [0.1, 0.15) is 31.2 Å². The number of halogens is 1. The van der Waals surface area contributed by atoms with Crippen LogP contribution in [-0.4, -0.2) is 23.5 Å². The van der Waals surface area contributed by atoms with Gasteiger partial charge in [-0.05, 0) is 42.0 Å². The summed E-state index contributed by atoms with van der Waals surface area (Å²) in [5, 5.41) is 11.6. The molecule has 1 amide bonds. The number of amides is 1. The van der Waals surface area contributed by atoms with E-state index in [1.807, 2.05) is 0 Å². The predicted molar refractivity (Wildman–Crippen MR) is 77.0 cm³/mol. The summed E-state index contributed by atoms with van der Waals surface area (Å²) in [6, 6.07) is 5.81. The van der Waals surface area contributed by atoms with Crippen molar-refractivity contribution in [1.82, 2.24) is 5.32 Å². The van der Waals surface area contributed by atoms with Crippen LogP contribution in [0.15, 0.2) is 30.3 Å². The average Bonchev–Trinajstić information content (AvgIpc) is 2.40. The minimum absolute atomic E-state index is 0.0922. The highest BCUT2D eigenvalue weighted by atomic mass is 19.1. The number of benzene rings is 1. The third-order valence-electron chi connectivity index (χ3n) is 3.88. The Morgan fingerprint density at radius 1 is 1.29 bits per heavy atom. The summed E-state index contributed by atoms with van der Waals surface area (Å²) in [6.45, 7) is 0.381. The van der Waals surface area contributed by atoms with Crippen LogP contribution in [0.2, 0.25) is 0 Å². The first-order valence-electron chi connectivity index (χ1n) is 6.92. The molecular weight excluding hydrogens is 273 g/mol. The number of aliphatic carboxylic acids is 1. The van der Waals surface area contributed by atoms with Gasteiger partial charge in [-0.1, -0.05) is 18.6 Å². The highest BCUT2D eigenvalue weighted by Crippen LogP contribution is 2.43. The van der Waals surface area contributed by atoms with Gasteiger partial charge in [0.15, 0.2) is 0 Å². The lowest BCUT2D eigenvalue weighted by Gasteiger charge is -2.40. The monoisotopic (exact) mass is 291 g/mol. The topological polar surface area (TPSA) is 66.4 Å². The molecule has 0 bridgehead atoms. The largest absolute Gasteiger partial charge is 0.481 e. The zero-order valence-electron chi connectivity index (χ0n) is 11.6. The van der Waals surface area contributed by atoms with E-state index in [1.54, 1.807) is 18.2 Å². The first kappa shape index (κ1) is 15.2. The Morgan fingerprint density at radius 2 is 1.95 bits per heavy atom. The smallest absolute Gasteiger partial charge is 0.303 e. The van der Waals surface area contributed by atoms with Crippen molar-refractivity contribution >= 4 is 18.0 Å². The van der Waals surface area contributed by atoms with E-state index < -0.39 is 5.97 Å². The fourth-order valence-corrected chi connectivity index (χ4v) is 2.49. The molecule has 1 aliphatic carbocycles. The van der Waals surface area contributed by atoms with Gasteiger partial charge in [-0.25, -0.2) is 4.39 Å². The third-order valence-corrected chi connectivity index (χ3v) is 3.88. The lowest BCUT2D eigenvalue weighted by atomic mass is 9.66. The number of rotatable bonds is 6. The molecule has 0 aromatic heterocycles. The Bertz CT molecular complexity index is 547. The number of carboxylic acids is 1. The van der Waals surface area contributed by atoms with Gasteiger partial charge in [0.25, 0.3) is 0 Å². The van der Waals surface area contributed by atoms with Gasteiger partial charge in [0.1, 0.15) is 5.82 Å². The van der Waals surface area contributed by atoms with Crippen LogP contribution in [0.5, 0.6) is 0 Å². The van der Waals surface area contributed by atoms with E-state index in [9.17, 15) is 14.0 Å². The molecule has 0 radical (unpaired) electrons. The molecule has 0 unspecified atom stereocenters. The number of hydrogen-bond donors (Lipinski definition) is 2. The van der Waals surface area contributed by atoms with Crippen molar-refractivity contribution in [2.45, 2.75) is 25.7 Å². The highest BCUT2D eigenvalue weighted by Gasteiger charge is 2.38. The highest BCUT2D eigenvalue weighted by molar-refractivity contribution is 5.91. The number of carboxylic acid groups (broad SMARTS) is 1. The Hall–Kier alpha value is -2.17. The summed E-state index contributed by atoms with van der Waals surface area (Å²) in [4.78, 5) is 22.6. The second-order valence-electron chi connectivity index (χ2n) is 5.53. The molecule has 1 aromatic rings. The lowest BCUT2D eigenvalue weighted by molar-refractivity contribution is -0.141. The summed E-state index contributed by atoms with van der Waals surface area (Å²) >= 11 is 0. The maximum atomic E-state index is 12.7. The standard InChI is InChI=1S/C16H18FNO3/c17-13-5-2-12(3-6-13)4-7-14(19)18-11-16(8-1-9-16)10-15(20)21/h2-7H,1,8-11H2,(H,18,19)(H,20,21)/b7-4+. The number of carbonyl (C=O) groups is 2. The van der Waals surface area contributed by atoms with Crippen molar-refractivity contribution in [2.75, 3.05) is 6.54 Å². The molecule has 112 valence electrons. The molecule has 0 saturated heterocycles. The summed E-state index contributed by atoms with van der Waals surface area (Å²) in [5.74, 6) is -1.42. The molecule has 1 aliphatic rings. The van der Waals surface area contributed by atoms with E-state index in [-0.39, 0.29) is 23.6 Å². The van der Waals surface area contributed by atoms with Gasteiger partial charge >= 0.3 is 5.97 Å². The van der Waals surface area contributed by atoms with Crippen molar-refractivity contribution in [3.8, 4) is 0 Å². The molecule has 2 rings (SSSR count). The van der Waals surface area contributed by atoms with Gasteiger partial charge in [-0.3, -0.25) is 9.59 Å². The van der Waals surface area contributed by atoms with E-state index in [2.05, 4.69) is 5.32 Å². The zero-order valence-corrected chi connectivity index (χ0v) is 11.6. The molecule has 0 aliphatic heterocycles. The maximum absolute atomic E-state index is 12.7. The lowest BCUT2D eigenvalue weighted by Crippen LogP contribution is -2.43. The van der Waals surface area contributed by atoms with E-state index in [1.165, 1.54) is 18.2 Å². The molecule has 1 aromatic carbocycles. The van der Waals surface area contributed by atoms with Gasteiger partial charge in [-0.15, -0.1) is 0 Å². The fourth-order valence-electron chi connectivity index (χ4n) is 2.49. The zero-order chi connectivity index (χ0) is 15.3. The minimum atomic E-state index is -0.828. The number of nitrogens with one attached hydrogen (secondary N) is 1. The van der Waals surface area contributed by atoms with Crippen molar-refractivity contribution in [1.29, 1.82) is 0 Å². The third kappa shape index (κ3) is 4.41. The van der Waals surface area contributed by atoms with E-state index in [4.69, 9.17) is 5.11 Å². The molecule has 0 atom stereocenters. The molecule has 2 N–H and O–H groups in total. The molecule has 0 heterocycles. The minimum Gasteiger partial charge on any atom is -0.481 e. The quantitative estimate of drug-likeness (QED) is 0.792. The van der Waals surface area contributed by atoms with Gasteiger partial charge < -0.3 is 10.4 Å². The van der Waals surface area contributed by atoms with Crippen LogP contribution < -0.4 is 5.32 Å². The fraction of sp³-hybridized carbons (Fsp3) is 0.375. The Labute approximate surface area is 122 Å².